The number of carbonyl (C=O) groups excluding carboxylic acids is 1. The number of amides is 1. The number of aliphatic hydroxyl groups is 1. The van der Waals surface area contributed by atoms with Crippen molar-refractivity contribution in [3.63, 3.8) is 0 Å². The number of hydrogen-bond donors (Lipinski definition) is 2. The lowest BCUT2D eigenvalue weighted by molar-refractivity contribution is -0.00151. The van der Waals surface area contributed by atoms with Crippen LogP contribution in [0.15, 0.2) is 24.3 Å². The molecule has 5 heteroatoms. The van der Waals surface area contributed by atoms with Crippen molar-refractivity contribution in [2.75, 3.05) is 18.8 Å². The number of aliphatic hydroxyl groups excluding tert-OH is 1. The minimum Gasteiger partial charge on any atom is -0.444 e. The molecule has 3 N–H and O–H groups in total. The van der Waals surface area contributed by atoms with E-state index in [9.17, 15) is 9.90 Å². The van der Waals surface area contributed by atoms with Crippen molar-refractivity contribution in [2.45, 2.75) is 44.8 Å². The van der Waals surface area contributed by atoms with E-state index >= 15 is 0 Å². The maximum Gasteiger partial charge on any atom is 0.410 e. The Bertz CT molecular complexity index is 510. The number of nitrogens with two attached hydrogens (primary N) is 1. The lowest BCUT2D eigenvalue weighted by Crippen LogP contribution is -2.47. The van der Waals surface area contributed by atoms with Crippen molar-refractivity contribution in [1.29, 1.82) is 0 Å². The fourth-order valence-corrected chi connectivity index (χ4v) is 2.60. The molecule has 0 radical (unpaired) electrons. The number of piperidine rings is 1. The van der Waals surface area contributed by atoms with Crippen LogP contribution in [0, 0.1) is 0 Å². The molecule has 0 spiro atoms. The molecular weight excluding hydrogens is 268 g/mol. The van der Waals surface area contributed by atoms with Gasteiger partial charge in [0.1, 0.15) is 5.60 Å². The van der Waals surface area contributed by atoms with E-state index in [2.05, 4.69) is 0 Å². The van der Waals surface area contributed by atoms with E-state index in [1.54, 1.807) is 4.90 Å². The molecule has 1 fully saturated rings. The van der Waals surface area contributed by atoms with Gasteiger partial charge in [-0.1, -0.05) is 12.1 Å². The van der Waals surface area contributed by atoms with Gasteiger partial charge in [0, 0.05) is 18.2 Å². The fraction of sp³-hybridized carbons (Fsp3) is 0.562. The number of nitrogens with zero attached hydrogens (tertiary/aromatic N) is 1. The van der Waals surface area contributed by atoms with Gasteiger partial charge in [0.25, 0.3) is 0 Å². The van der Waals surface area contributed by atoms with Crippen LogP contribution in [0.2, 0.25) is 0 Å². The first-order chi connectivity index (χ1) is 9.76. The summed E-state index contributed by atoms with van der Waals surface area (Å²) in [5.74, 6) is 0.00665. The van der Waals surface area contributed by atoms with Crippen molar-refractivity contribution in [3.8, 4) is 0 Å². The average molecular weight is 292 g/mol. The summed E-state index contributed by atoms with van der Waals surface area (Å²) in [6.45, 7) is 6.36. The highest BCUT2D eigenvalue weighted by Gasteiger charge is 2.33. The van der Waals surface area contributed by atoms with E-state index in [0.29, 0.717) is 18.7 Å². The van der Waals surface area contributed by atoms with Crippen LogP contribution in [-0.2, 0) is 4.74 Å². The Morgan fingerprint density at radius 3 is 2.71 bits per heavy atom. The monoisotopic (exact) mass is 292 g/mol. The molecule has 116 valence electrons. The molecule has 0 aliphatic carbocycles. The third-order valence-electron chi connectivity index (χ3n) is 3.57. The zero-order valence-corrected chi connectivity index (χ0v) is 12.9. The molecule has 0 bridgehead atoms. The number of anilines is 1. The van der Waals surface area contributed by atoms with E-state index in [4.69, 9.17) is 10.5 Å². The summed E-state index contributed by atoms with van der Waals surface area (Å²) in [7, 11) is 0. The number of nitrogen functional groups attached to an aromatic ring is 1. The van der Waals surface area contributed by atoms with Crippen LogP contribution in [0.25, 0.3) is 0 Å². The second kappa shape index (κ2) is 5.93. The Hall–Kier alpha value is -1.75. The van der Waals surface area contributed by atoms with Gasteiger partial charge < -0.3 is 20.5 Å². The van der Waals surface area contributed by atoms with Gasteiger partial charge in [-0.2, -0.15) is 0 Å². The summed E-state index contributed by atoms with van der Waals surface area (Å²) < 4.78 is 5.34. The molecule has 0 aromatic heterocycles. The lowest BCUT2D eigenvalue weighted by atomic mass is 9.87. The summed E-state index contributed by atoms with van der Waals surface area (Å²) in [4.78, 5) is 13.6. The Morgan fingerprint density at radius 1 is 1.43 bits per heavy atom. The molecule has 1 saturated heterocycles. The minimum atomic E-state index is -0.604. The van der Waals surface area contributed by atoms with Gasteiger partial charge in [-0.05, 0) is 44.9 Å². The molecule has 1 aromatic rings. The van der Waals surface area contributed by atoms with Crippen LogP contribution in [0.1, 0.15) is 38.7 Å². The predicted molar refractivity (Wildman–Crippen MR) is 82.0 cm³/mol. The van der Waals surface area contributed by atoms with Crippen molar-refractivity contribution < 1.29 is 14.6 Å². The van der Waals surface area contributed by atoms with Gasteiger partial charge >= 0.3 is 6.09 Å². The Labute approximate surface area is 125 Å². The summed E-state index contributed by atoms with van der Waals surface area (Å²) in [6, 6.07) is 7.56. The second-order valence-electron chi connectivity index (χ2n) is 6.56. The van der Waals surface area contributed by atoms with Crippen LogP contribution in [0.3, 0.4) is 0 Å². The van der Waals surface area contributed by atoms with Crippen LogP contribution < -0.4 is 5.73 Å². The van der Waals surface area contributed by atoms with Gasteiger partial charge in [-0.3, -0.25) is 0 Å². The zero-order chi connectivity index (χ0) is 15.6. The molecule has 1 aromatic carbocycles. The Kier molecular flexibility index (Phi) is 4.42. The summed E-state index contributed by atoms with van der Waals surface area (Å²) in [5, 5.41) is 10.3. The van der Waals surface area contributed by atoms with Crippen molar-refractivity contribution >= 4 is 11.8 Å². The molecular formula is C16H24N2O3. The quantitative estimate of drug-likeness (QED) is 0.779. The largest absolute Gasteiger partial charge is 0.444 e. The number of likely N-dealkylation sites (tertiary alicyclic amines) is 1. The van der Waals surface area contributed by atoms with Crippen LogP contribution >= 0.6 is 0 Å². The fourth-order valence-electron chi connectivity index (χ4n) is 2.60. The predicted octanol–water partition coefficient (Wildman–Crippen LogP) is 2.35. The first kappa shape index (κ1) is 15.6. The first-order valence-corrected chi connectivity index (χ1v) is 7.28. The van der Waals surface area contributed by atoms with E-state index in [0.717, 1.165) is 5.56 Å². The summed E-state index contributed by atoms with van der Waals surface area (Å²) >= 11 is 0. The third-order valence-corrected chi connectivity index (χ3v) is 3.57. The number of carbonyl (C=O) groups is 1. The number of benzene rings is 1. The molecule has 1 heterocycles. The summed E-state index contributed by atoms with van der Waals surface area (Å²) in [5.41, 5.74) is 6.98. The van der Waals surface area contributed by atoms with Crippen LogP contribution in [0.4, 0.5) is 10.5 Å². The summed E-state index contributed by atoms with van der Waals surface area (Å²) in [6.07, 6.45) is -0.273. The standard InChI is InChI=1S/C16H24N2O3/c1-16(2,3)21-15(20)18-8-7-13(14(19)10-18)11-5-4-6-12(17)9-11/h4-6,9,13-14,19H,7-8,10,17H2,1-3H3. The maximum absolute atomic E-state index is 12.0. The van der Waals surface area contributed by atoms with Crippen molar-refractivity contribution in [3.05, 3.63) is 29.8 Å². The molecule has 2 unspecified atom stereocenters. The highest BCUT2D eigenvalue weighted by molar-refractivity contribution is 5.68. The Morgan fingerprint density at radius 2 is 2.14 bits per heavy atom. The molecule has 2 rings (SSSR count). The highest BCUT2D eigenvalue weighted by Crippen LogP contribution is 2.30. The van der Waals surface area contributed by atoms with Gasteiger partial charge in [-0.15, -0.1) is 0 Å². The van der Waals surface area contributed by atoms with E-state index in [1.165, 1.54) is 0 Å². The maximum atomic E-state index is 12.0. The third kappa shape index (κ3) is 4.11. The second-order valence-corrected chi connectivity index (χ2v) is 6.56. The van der Waals surface area contributed by atoms with E-state index < -0.39 is 11.7 Å². The average Bonchev–Trinajstić information content (AvgIpc) is 2.36. The SMILES string of the molecule is CC(C)(C)OC(=O)N1CCC(c2cccc(N)c2)C(O)C1. The number of β-amino-alcohol motifs (C(OH)–C–C–N with tert-alkyl or cyclic N) is 1. The van der Waals surface area contributed by atoms with Gasteiger partial charge in [-0.25, -0.2) is 4.79 Å². The molecule has 5 nitrogen and oxygen atoms in total. The molecule has 0 saturated carbocycles. The molecule has 1 amide bonds. The van der Waals surface area contributed by atoms with Gasteiger partial charge in [0.05, 0.1) is 12.6 Å². The number of ether oxygens (including phenoxy) is 1. The number of hydrogen-bond acceptors (Lipinski definition) is 4. The van der Waals surface area contributed by atoms with Crippen molar-refractivity contribution in [2.24, 2.45) is 0 Å². The molecule has 2 atom stereocenters. The lowest BCUT2D eigenvalue weighted by Gasteiger charge is -2.37. The highest BCUT2D eigenvalue weighted by atomic mass is 16.6. The topological polar surface area (TPSA) is 75.8 Å². The van der Waals surface area contributed by atoms with Crippen molar-refractivity contribution in [1.82, 2.24) is 4.90 Å². The van der Waals surface area contributed by atoms with Gasteiger partial charge in [0.2, 0.25) is 0 Å². The van der Waals surface area contributed by atoms with Crippen LogP contribution in [-0.4, -0.2) is 40.9 Å². The Balaban J connectivity index is 2.01. The molecule has 21 heavy (non-hydrogen) atoms. The minimum absolute atomic E-state index is 0.00665. The smallest absolute Gasteiger partial charge is 0.410 e. The number of rotatable bonds is 1. The zero-order valence-electron chi connectivity index (χ0n) is 12.9. The molecule has 1 aliphatic heterocycles. The molecule has 1 aliphatic rings. The van der Waals surface area contributed by atoms with E-state index in [-0.39, 0.29) is 18.6 Å². The first-order valence-electron chi connectivity index (χ1n) is 7.28. The van der Waals surface area contributed by atoms with E-state index in [1.807, 2.05) is 45.0 Å². The normalized spacial score (nSPS) is 23.0. The van der Waals surface area contributed by atoms with Gasteiger partial charge in [0.15, 0.2) is 0 Å². The van der Waals surface area contributed by atoms with Crippen LogP contribution in [0.5, 0.6) is 0 Å².